The third-order valence-electron chi connectivity index (χ3n) is 3.73. The molecule has 1 heterocycles. The molecule has 19 heavy (non-hydrogen) atoms. The number of halogens is 1. The van der Waals surface area contributed by atoms with E-state index in [0.717, 1.165) is 31.6 Å². The summed E-state index contributed by atoms with van der Waals surface area (Å²) < 4.78 is 0. The summed E-state index contributed by atoms with van der Waals surface area (Å²) in [6.07, 6.45) is 1.61. The van der Waals surface area contributed by atoms with Gasteiger partial charge in [-0.15, -0.1) is 0 Å². The molecule has 0 radical (unpaired) electrons. The van der Waals surface area contributed by atoms with Crippen LogP contribution in [0.4, 0.5) is 0 Å². The number of carbonyl (C=O) groups excluding carboxylic acids is 1. The molecule has 2 rings (SSSR count). The zero-order chi connectivity index (χ0) is 13.8. The zero-order valence-corrected chi connectivity index (χ0v) is 12.4. The highest BCUT2D eigenvalue weighted by molar-refractivity contribution is 6.30. The molecule has 1 atom stereocenters. The highest BCUT2D eigenvalue weighted by Crippen LogP contribution is 2.13. The van der Waals surface area contributed by atoms with Gasteiger partial charge < -0.3 is 4.90 Å². The average Bonchev–Trinajstić information content (AvgIpc) is 2.54. The van der Waals surface area contributed by atoms with Crippen LogP contribution in [-0.4, -0.2) is 55.4 Å². The van der Waals surface area contributed by atoms with Crippen LogP contribution in [0.3, 0.4) is 0 Å². The van der Waals surface area contributed by atoms with Gasteiger partial charge in [-0.05, 0) is 51.3 Å². The molecule has 1 fully saturated rings. The largest absolute Gasteiger partial charge is 0.304 e. The van der Waals surface area contributed by atoms with Crippen molar-refractivity contribution in [3.63, 3.8) is 0 Å². The standard InChI is InChI=1S/C15H21ClN2O/c1-17-8-3-9-18(2)14(11-17)15(19)10-12-4-6-13(16)7-5-12/h4-7,14H,3,8-11H2,1-2H3. The predicted molar refractivity (Wildman–Crippen MR) is 78.7 cm³/mol. The van der Waals surface area contributed by atoms with Gasteiger partial charge in [0.25, 0.3) is 0 Å². The predicted octanol–water partition coefficient (Wildman–Crippen LogP) is 2.09. The van der Waals surface area contributed by atoms with Gasteiger partial charge in [-0.2, -0.15) is 0 Å². The van der Waals surface area contributed by atoms with E-state index in [-0.39, 0.29) is 6.04 Å². The molecule has 1 saturated heterocycles. The lowest BCUT2D eigenvalue weighted by Gasteiger charge is -2.26. The molecule has 1 unspecified atom stereocenters. The van der Waals surface area contributed by atoms with Gasteiger partial charge >= 0.3 is 0 Å². The molecule has 4 heteroatoms. The summed E-state index contributed by atoms with van der Waals surface area (Å²) in [7, 11) is 4.13. The number of hydrogen-bond acceptors (Lipinski definition) is 3. The van der Waals surface area contributed by atoms with Gasteiger partial charge in [0.15, 0.2) is 5.78 Å². The number of benzene rings is 1. The van der Waals surface area contributed by atoms with Crippen LogP contribution in [0.1, 0.15) is 12.0 Å². The molecule has 0 amide bonds. The number of nitrogens with zero attached hydrogens (tertiary/aromatic N) is 2. The number of hydrogen-bond donors (Lipinski definition) is 0. The second-order valence-electron chi connectivity index (χ2n) is 5.38. The summed E-state index contributed by atoms with van der Waals surface area (Å²) in [5, 5.41) is 0.711. The zero-order valence-electron chi connectivity index (χ0n) is 11.6. The Morgan fingerprint density at radius 1 is 1.26 bits per heavy atom. The summed E-state index contributed by atoms with van der Waals surface area (Å²) in [4.78, 5) is 16.9. The fourth-order valence-electron chi connectivity index (χ4n) is 2.54. The molecule has 0 spiro atoms. The van der Waals surface area contributed by atoms with Crippen molar-refractivity contribution in [3.05, 3.63) is 34.9 Å². The van der Waals surface area contributed by atoms with Gasteiger partial charge in [0.1, 0.15) is 0 Å². The molecule has 0 N–H and O–H groups in total. The van der Waals surface area contributed by atoms with Gasteiger partial charge in [0.05, 0.1) is 6.04 Å². The van der Waals surface area contributed by atoms with Crippen molar-refractivity contribution in [3.8, 4) is 0 Å². The van der Waals surface area contributed by atoms with Crippen LogP contribution in [0.25, 0.3) is 0 Å². The second-order valence-corrected chi connectivity index (χ2v) is 5.82. The van der Waals surface area contributed by atoms with Gasteiger partial charge in [-0.25, -0.2) is 0 Å². The first-order valence-electron chi connectivity index (χ1n) is 6.72. The minimum Gasteiger partial charge on any atom is -0.304 e. The van der Waals surface area contributed by atoms with E-state index in [2.05, 4.69) is 16.8 Å². The third-order valence-corrected chi connectivity index (χ3v) is 3.98. The van der Waals surface area contributed by atoms with E-state index in [0.29, 0.717) is 17.2 Å². The van der Waals surface area contributed by atoms with Crippen LogP contribution < -0.4 is 0 Å². The molecular formula is C15H21ClN2O. The van der Waals surface area contributed by atoms with E-state index in [4.69, 9.17) is 11.6 Å². The minimum absolute atomic E-state index is 0.00294. The second kappa shape index (κ2) is 6.51. The van der Waals surface area contributed by atoms with E-state index >= 15 is 0 Å². The fraction of sp³-hybridized carbons (Fsp3) is 0.533. The molecular weight excluding hydrogens is 260 g/mol. The van der Waals surface area contributed by atoms with E-state index < -0.39 is 0 Å². The Labute approximate surface area is 120 Å². The van der Waals surface area contributed by atoms with Gasteiger partial charge in [0, 0.05) is 18.0 Å². The van der Waals surface area contributed by atoms with Gasteiger partial charge in [0.2, 0.25) is 0 Å². The van der Waals surface area contributed by atoms with Gasteiger partial charge in [-0.1, -0.05) is 23.7 Å². The lowest BCUT2D eigenvalue weighted by molar-refractivity contribution is -0.123. The lowest BCUT2D eigenvalue weighted by atomic mass is 10.0. The summed E-state index contributed by atoms with van der Waals surface area (Å²) in [5.41, 5.74) is 1.04. The third kappa shape index (κ3) is 4.03. The van der Waals surface area contributed by atoms with E-state index in [1.807, 2.05) is 31.3 Å². The number of ketones is 1. The Bertz CT molecular complexity index is 432. The van der Waals surface area contributed by atoms with Crippen molar-refractivity contribution in [2.24, 2.45) is 0 Å². The van der Waals surface area contributed by atoms with Crippen LogP contribution in [-0.2, 0) is 11.2 Å². The van der Waals surface area contributed by atoms with Gasteiger partial charge in [-0.3, -0.25) is 9.69 Å². The molecule has 0 aromatic heterocycles. The summed E-state index contributed by atoms with van der Waals surface area (Å²) >= 11 is 5.86. The van der Waals surface area contributed by atoms with Crippen molar-refractivity contribution in [1.82, 2.24) is 9.80 Å². The molecule has 1 aliphatic rings. The Hall–Kier alpha value is -0.900. The van der Waals surface area contributed by atoms with Crippen molar-refractivity contribution in [1.29, 1.82) is 0 Å². The quantitative estimate of drug-likeness (QED) is 0.847. The highest BCUT2D eigenvalue weighted by Gasteiger charge is 2.26. The number of Topliss-reactive ketones (excluding diaryl/α,β-unsaturated/α-hetero) is 1. The Morgan fingerprint density at radius 2 is 1.95 bits per heavy atom. The molecule has 1 aliphatic heterocycles. The monoisotopic (exact) mass is 280 g/mol. The maximum absolute atomic E-state index is 12.5. The summed E-state index contributed by atoms with van der Waals surface area (Å²) in [6.45, 7) is 2.87. The van der Waals surface area contributed by atoms with Crippen LogP contribution in [0.5, 0.6) is 0 Å². The highest BCUT2D eigenvalue weighted by atomic mass is 35.5. The maximum Gasteiger partial charge on any atom is 0.155 e. The molecule has 1 aromatic rings. The molecule has 3 nitrogen and oxygen atoms in total. The summed E-state index contributed by atoms with van der Waals surface area (Å²) in [6, 6.07) is 7.55. The Balaban J connectivity index is 2.03. The SMILES string of the molecule is CN1CCCN(C)C(C(=O)Cc2ccc(Cl)cc2)C1. The van der Waals surface area contributed by atoms with E-state index in [9.17, 15) is 4.79 Å². The molecule has 0 saturated carbocycles. The van der Waals surface area contributed by atoms with Crippen LogP contribution in [0.2, 0.25) is 5.02 Å². The van der Waals surface area contributed by atoms with Crippen LogP contribution >= 0.6 is 11.6 Å². The first kappa shape index (κ1) is 14.5. The van der Waals surface area contributed by atoms with Crippen molar-refractivity contribution >= 4 is 17.4 Å². The Morgan fingerprint density at radius 3 is 2.63 bits per heavy atom. The van der Waals surface area contributed by atoms with Crippen molar-refractivity contribution < 1.29 is 4.79 Å². The topological polar surface area (TPSA) is 23.6 Å². The lowest BCUT2D eigenvalue weighted by Crippen LogP contribution is -2.44. The maximum atomic E-state index is 12.5. The first-order chi connectivity index (χ1) is 9.06. The van der Waals surface area contributed by atoms with E-state index in [1.54, 1.807) is 0 Å². The van der Waals surface area contributed by atoms with E-state index in [1.165, 1.54) is 0 Å². The van der Waals surface area contributed by atoms with Crippen LogP contribution in [0, 0.1) is 0 Å². The molecule has 0 aliphatic carbocycles. The molecule has 104 valence electrons. The van der Waals surface area contributed by atoms with Crippen molar-refractivity contribution in [2.45, 2.75) is 18.9 Å². The number of likely N-dealkylation sites (N-methyl/N-ethyl adjacent to an activating group) is 2. The first-order valence-corrected chi connectivity index (χ1v) is 7.10. The van der Waals surface area contributed by atoms with Crippen LogP contribution in [0.15, 0.2) is 24.3 Å². The minimum atomic E-state index is 0.00294. The van der Waals surface area contributed by atoms with Crippen molar-refractivity contribution in [2.75, 3.05) is 33.7 Å². The summed E-state index contributed by atoms with van der Waals surface area (Å²) in [5.74, 6) is 0.290. The number of carbonyl (C=O) groups is 1. The average molecular weight is 281 g/mol. The normalized spacial score (nSPS) is 22.2. The fourth-order valence-corrected chi connectivity index (χ4v) is 2.67. The molecule has 1 aromatic carbocycles. The Kier molecular flexibility index (Phi) is 4.97. The smallest absolute Gasteiger partial charge is 0.155 e. The molecule has 0 bridgehead atoms. The number of rotatable bonds is 3.